The number of nitrogens with one attached hydrogen (secondary N) is 1. The molecule has 3 heterocycles. The predicted molar refractivity (Wildman–Crippen MR) is 105 cm³/mol. The molecule has 3 aliphatic heterocycles. The lowest BCUT2D eigenvalue weighted by Crippen LogP contribution is -2.55. The monoisotopic (exact) mass is 380 g/mol. The van der Waals surface area contributed by atoms with Gasteiger partial charge >= 0.3 is 6.03 Å². The van der Waals surface area contributed by atoms with Gasteiger partial charge in [0, 0.05) is 64.4 Å². The molecule has 2 spiro atoms. The van der Waals surface area contributed by atoms with Crippen LogP contribution in [0.3, 0.4) is 0 Å². The Morgan fingerprint density at radius 1 is 1.19 bits per heavy atom. The molecule has 7 nitrogen and oxygen atoms in total. The third-order valence-electron chi connectivity index (χ3n) is 6.95. The lowest BCUT2D eigenvalue weighted by Gasteiger charge is -2.47. The van der Waals surface area contributed by atoms with Crippen molar-refractivity contribution in [3.05, 3.63) is 0 Å². The van der Waals surface area contributed by atoms with Gasteiger partial charge in [-0.2, -0.15) is 0 Å². The molecule has 27 heavy (non-hydrogen) atoms. The zero-order chi connectivity index (χ0) is 19.7. The number of nitrogens with zero attached hydrogens (tertiary/aromatic N) is 3. The summed E-state index contributed by atoms with van der Waals surface area (Å²) in [6, 6.07) is 0.168. The Morgan fingerprint density at radius 2 is 1.89 bits per heavy atom. The zero-order valence-electron chi connectivity index (χ0n) is 17.4. The van der Waals surface area contributed by atoms with Gasteiger partial charge in [-0.1, -0.05) is 0 Å². The summed E-state index contributed by atoms with van der Waals surface area (Å²) in [6.07, 6.45) is 2.76. The Morgan fingerprint density at radius 3 is 2.44 bits per heavy atom. The summed E-state index contributed by atoms with van der Waals surface area (Å²) in [7, 11) is 1.73. The molecule has 0 bridgehead atoms. The quantitative estimate of drug-likeness (QED) is 0.783. The second-order valence-electron chi connectivity index (χ2n) is 8.79. The summed E-state index contributed by atoms with van der Waals surface area (Å²) in [6.45, 7) is 12.5. The lowest BCUT2D eigenvalue weighted by molar-refractivity contribution is -0.141. The van der Waals surface area contributed by atoms with Crippen LogP contribution in [0, 0.1) is 10.8 Å². The molecule has 0 aromatic carbocycles. The summed E-state index contributed by atoms with van der Waals surface area (Å²) in [5.74, 6) is 0.338. The molecule has 0 saturated carbocycles. The summed E-state index contributed by atoms with van der Waals surface area (Å²) in [4.78, 5) is 32.2. The van der Waals surface area contributed by atoms with Gasteiger partial charge in [-0.15, -0.1) is 0 Å². The molecule has 3 aliphatic rings. The molecule has 3 fully saturated rings. The van der Waals surface area contributed by atoms with Gasteiger partial charge in [-0.05, 0) is 40.0 Å². The molecular weight excluding hydrogens is 344 g/mol. The fourth-order valence-electron chi connectivity index (χ4n) is 5.45. The van der Waals surface area contributed by atoms with E-state index in [1.54, 1.807) is 7.11 Å². The highest BCUT2D eigenvalue weighted by Gasteiger charge is 2.64. The molecule has 7 heteroatoms. The van der Waals surface area contributed by atoms with Gasteiger partial charge < -0.3 is 19.9 Å². The first-order valence-corrected chi connectivity index (χ1v) is 10.4. The summed E-state index contributed by atoms with van der Waals surface area (Å²) < 4.78 is 5.29. The number of hydrogen-bond donors (Lipinski definition) is 1. The highest BCUT2D eigenvalue weighted by molar-refractivity contribution is 5.87. The first-order chi connectivity index (χ1) is 12.9. The van der Waals surface area contributed by atoms with Gasteiger partial charge in [0.25, 0.3) is 0 Å². The van der Waals surface area contributed by atoms with Gasteiger partial charge in [0.15, 0.2) is 0 Å². The van der Waals surface area contributed by atoms with Crippen LogP contribution in [0.5, 0.6) is 0 Å². The maximum absolute atomic E-state index is 13.4. The number of urea groups is 1. The van der Waals surface area contributed by atoms with Crippen LogP contribution in [0.15, 0.2) is 0 Å². The SMILES string of the molecule is CCN1CCC2(CN(CCOC)CC23CCN(C(=O)NC(C)C)CC3)C1=O. The molecule has 0 radical (unpaired) electrons. The van der Waals surface area contributed by atoms with Crippen LogP contribution in [-0.2, 0) is 9.53 Å². The molecule has 3 saturated heterocycles. The first-order valence-electron chi connectivity index (χ1n) is 10.4. The molecular formula is C20H36N4O3. The first kappa shape index (κ1) is 20.4. The number of likely N-dealkylation sites (tertiary alicyclic amines) is 3. The van der Waals surface area contributed by atoms with Crippen LogP contribution in [0.25, 0.3) is 0 Å². The van der Waals surface area contributed by atoms with Crippen molar-refractivity contribution in [3.8, 4) is 0 Å². The van der Waals surface area contributed by atoms with E-state index in [1.165, 1.54) is 0 Å². The number of fused-ring (bicyclic) bond motifs is 1. The van der Waals surface area contributed by atoms with Crippen molar-refractivity contribution in [2.45, 2.75) is 46.1 Å². The van der Waals surface area contributed by atoms with E-state index in [2.05, 4.69) is 17.1 Å². The second kappa shape index (κ2) is 7.95. The van der Waals surface area contributed by atoms with Crippen molar-refractivity contribution in [1.29, 1.82) is 0 Å². The van der Waals surface area contributed by atoms with Crippen LogP contribution >= 0.6 is 0 Å². The Kier molecular flexibility index (Phi) is 6.01. The van der Waals surface area contributed by atoms with Gasteiger partial charge in [-0.3, -0.25) is 9.69 Å². The van der Waals surface area contributed by atoms with E-state index in [0.717, 1.165) is 65.1 Å². The molecule has 0 aliphatic carbocycles. The van der Waals surface area contributed by atoms with E-state index in [0.29, 0.717) is 12.5 Å². The standard InChI is InChI=1S/C20H36N4O3/c1-5-23-11-8-20(17(23)25)15-22(12-13-27-4)14-19(20)6-9-24(10-7-19)18(26)21-16(2)3/h16H,5-15H2,1-4H3,(H,21,26). The van der Waals surface area contributed by atoms with Crippen molar-refractivity contribution < 1.29 is 14.3 Å². The molecule has 0 aromatic heterocycles. The molecule has 1 N–H and O–H groups in total. The van der Waals surface area contributed by atoms with Crippen molar-refractivity contribution in [3.63, 3.8) is 0 Å². The normalized spacial score (nSPS) is 28.1. The van der Waals surface area contributed by atoms with E-state index >= 15 is 0 Å². The fourth-order valence-corrected chi connectivity index (χ4v) is 5.45. The summed E-state index contributed by atoms with van der Waals surface area (Å²) >= 11 is 0. The smallest absolute Gasteiger partial charge is 0.317 e. The number of carbonyl (C=O) groups excluding carboxylic acids is 2. The largest absolute Gasteiger partial charge is 0.383 e. The van der Waals surface area contributed by atoms with Crippen LogP contribution < -0.4 is 5.32 Å². The highest BCUT2D eigenvalue weighted by atomic mass is 16.5. The predicted octanol–water partition coefficient (Wildman–Crippen LogP) is 1.39. The molecule has 1 unspecified atom stereocenters. The van der Waals surface area contributed by atoms with Crippen molar-refractivity contribution in [1.82, 2.24) is 20.0 Å². The van der Waals surface area contributed by atoms with Crippen LogP contribution in [0.2, 0.25) is 0 Å². The number of piperidine rings is 1. The van der Waals surface area contributed by atoms with E-state index in [1.807, 2.05) is 23.6 Å². The molecule has 3 amide bonds. The number of rotatable bonds is 5. The number of hydrogen-bond acceptors (Lipinski definition) is 4. The molecule has 3 rings (SSSR count). The number of methoxy groups -OCH3 is 1. The fraction of sp³-hybridized carbons (Fsp3) is 0.900. The van der Waals surface area contributed by atoms with Gasteiger partial charge in [-0.25, -0.2) is 4.79 Å². The summed E-state index contributed by atoms with van der Waals surface area (Å²) in [5, 5.41) is 3.00. The Bertz CT molecular complexity index is 559. The van der Waals surface area contributed by atoms with Gasteiger partial charge in [0.05, 0.1) is 12.0 Å². The molecule has 154 valence electrons. The van der Waals surface area contributed by atoms with Crippen LogP contribution in [0.4, 0.5) is 4.79 Å². The third-order valence-corrected chi connectivity index (χ3v) is 6.95. The lowest BCUT2D eigenvalue weighted by atomic mass is 9.60. The zero-order valence-corrected chi connectivity index (χ0v) is 17.4. The van der Waals surface area contributed by atoms with Gasteiger partial charge in [0.1, 0.15) is 0 Å². The average Bonchev–Trinajstić information content (AvgIpc) is 3.12. The minimum Gasteiger partial charge on any atom is -0.383 e. The maximum atomic E-state index is 13.4. The third kappa shape index (κ3) is 3.56. The van der Waals surface area contributed by atoms with E-state index in [4.69, 9.17) is 4.74 Å². The number of amides is 3. The maximum Gasteiger partial charge on any atom is 0.317 e. The summed E-state index contributed by atoms with van der Waals surface area (Å²) in [5.41, 5.74) is -0.298. The number of carbonyl (C=O) groups is 2. The van der Waals surface area contributed by atoms with Crippen molar-refractivity contribution >= 4 is 11.9 Å². The Labute approximate surface area is 163 Å². The van der Waals surface area contributed by atoms with Crippen LogP contribution in [-0.4, -0.2) is 92.2 Å². The van der Waals surface area contributed by atoms with E-state index < -0.39 is 0 Å². The number of ether oxygens (including phenoxy) is 1. The van der Waals surface area contributed by atoms with Crippen molar-refractivity contribution in [2.75, 3.05) is 59.5 Å². The van der Waals surface area contributed by atoms with Crippen molar-refractivity contribution in [2.24, 2.45) is 10.8 Å². The minimum absolute atomic E-state index is 0.0175. The van der Waals surface area contributed by atoms with Crippen LogP contribution in [0.1, 0.15) is 40.0 Å². The highest BCUT2D eigenvalue weighted by Crippen LogP contribution is 2.57. The Hall–Kier alpha value is -1.34. The van der Waals surface area contributed by atoms with Gasteiger partial charge in [0.2, 0.25) is 5.91 Å². The molecule has 0 aromatic rings. The molecule has 1 atom stereocenters. The van der Waals surface area contributed by atoms with E-state index in [9.17, 15) is 9.59 Å². The topological polar surface area (TPSA) is 65.1 Å². The second-order valence-corrected chi connectivity index (χ2v) is 8.79. The average molecular weight is 381 g/mol. The van der Waals surface area contributed by atoms with E-state index in [-0.39, 0.29) is 22.9 Å². The Balaban J connectivity index is 1.77. The minimum atomic E-state index is -0.280.